The van der Waals surface area contributed by atoms with Gasteiger partial charge < -0.3 is 34.2 Å². The summed E-state index contributed by atoms with van der Waals surface area (Å²) >= 11 is 1.37. The summed E-state index contributed by atoms with van der Waals surface area (Å²) in [7, 11) is 0.751. The summed E-state index contributed by atoms with van der Waals surface area (Å²) in [6.07, 6.45) is 1.53. The molecule has 1 unspecified atom stereocenters. The van der Waals surface area contributed by atoms with Gasteiger partial charge in [-0.3, -0.25) is 9.59 Å². The highest BCUT2D eigenvalue weighted by molar-refractivity contribution is 7.13. The Balaban J connectivity index is 1.88. The maximum Gasteiger partial charge on any atom is 0.330 e. The number of hydrogen-bond acceptors (Lipinski definition) is 10. The molecule has 1 aromatic heterocycles. The number of thiazole rings is 1. The largest absolute Gasteiger partial charge is 0.467 e. The van der Waals surface area contributed by atoms with Crippen LogP contribution in [0, 0.1) is 0 Å². The van der Waals surface area contributed by atoms with Crippen LogP contribution in [-0.4, -0.2) is 96.9 Å². The number of nitrogens with one attached hydrogen (secondary N) is 2. The fourth-order valence-electron chi connectivity index (χ4n) is 3.36. The number of rotatable bonds is 13. The molecule has 210 valence electrons. The van der Waals surface area contributed by atoms with Crippen molar-refractivity contribution in [1.82, 2.24) is 15.6 Å². The number of anilines is 1. The van der Waals surface area contributed by atoms with E-state index >= 15 is 0 Å². The zero-order chi connectivity index (χ0) is 27.6. The third-order valence-electron chi connectivity index (χ3n) is 6.73. The molecule has 1 aromatic rings. The van der Waals surface area contributed by atoms with Gasteiger partial charge in [-0.25, -0.2) is 9.78 Å². The standard InChI is InChI=1S/C24H42N4O7SSi/c1-24(2,3)37(6,7)35-14-18(22(31)33-5)26-21(30)19-16-36-23(27-19)28-10-8-17(9-11-28)25-20(29)15-34-13-12-32-4/h16-18H,8-15H2,1-7H3,(H,25,29)(H,26,30). The lowest BCUT2D eigenvalue weighted by molar-refractivity contribution is -0.143. The Morgan fingerprint density at radius 3 is 2.46 bits per heavy atom. The minimum absolute atomic E-state index is 0.0159. The number of methoxy groups -OCH3 is 2. The fourth-order valence-corrected chi connectivity index (χ4v) is 5.23. The highest BCUT2D eigenvalue weighted by atomic mass is 32.1. The maximum atomic E-state index is 12.9. The van der Waals surface area contributed by atoms with Crippen molar-refractivity contribution in [3.05, 3.63) is 11.1 Å². The molecule has 0 saturated carbocycles. The first-order chi connectivity index (χ1) is 17.4. The van der Waals surface area contributed by atoms with Crippen molar-refractivity contribution in [2.75, 3.05) is 58.6 Å². The molecule has 13 heteroatoms. The summed E-state index contributed by atoms with van der Waals surface area (Å²) in [5.41, 5.74) is 0.241. The summed E-state index contributed by atoms with van der Waals surface area (Å²) in [5.74, 6) is -1.15. The van der Waals surface area contributed by atoms with E-state index in [1.54, 1.807) is 12.5 Å². The van der Waals surface area contributed by atoms with E-state index < -0.39 is 26.2 Å². The van der Waals surface area contributed by atoms with Gasteiger partial charge in [0.25, 0.3) is 5.91 Å². The molecule has 0 aliphatic carbocycles. The van der Waals surface area contributed by atoms with Crippen LogP contribution in [0.4, 0.5) is 5.13 Å². The molecule has 0 bridgehead atoms. The molecule has 1 saturated heterocycles. The molecule has 1 atom stereocenters. The van der Waals surface area contributed by atoms with Crippen molar-refractivity contribution in [3.8, 4) is 0 Å². The van der Waals surface area contributed by atoms with Gasteiger partial charge >= 0.3 is 5.97 Å². The van der Waals surface area contributed by atoms with E-state index in [9.17, 15) is 14.4 Å². The molecule has 1 aliphatic rings. The first kappa shape index (κ1) is 31.2. The van der Waals surface area contributed by atoms with Crippen molar-refractivity contribution < 1.29 is 33.0 Å². The van der Waals surface area contributed by atoms with Crippen molar-refractivity contribution in [1.29, 1.82) is 0 Å². The molecule has 0 spiro atoms. The molecule has 2 heterocycles. The second-order valence-corrected chi connectivity index (χ2v) is 16.2. The minimum atomic E-state index is -2.12. The highest BCUT2D eigenvalue weighted by Gasteiger charge is 2.38. The van der Waals surface area contributed by atoms with Crippen LogP contribution >= 0.6 is 11.3 Å². The van der Waals surface area contributed by atoms with E-state index in [0.717, 1.165) is 18.0 Å². The van der Waals surface area contributed by atoms with Gasteiger partial charge in [0, 0.05) is 31.6 Å². The Hall–Kier alpha value is -2.06. The molecule has 1 fully saturated rings. The van der Waals surface area contributed by atoms with Gasteiger partial charge in [-0.05, 0) is 31.0 Å². The predicted molar refractivity (Wildman–Crippen MR) is 145 cm³/mol. The van der Waals surface area contributed by atoms with Crippen LogP contribution in [-0.2, 0) is 28.2 Å². The maximum absolute atomic E-state index is 12.9. The number of amides is 2. The first-order valence-corrected chi connectivity index (χ1v) is 16.3. The van der Waals surface area contributed by atoms with Crippen molar-refractivity contribution in [3.63, 3.8) is 0 Å². The van der Waals surface area contributed by atoms with Gasteiger partial charge in [0.15, 0.2) is 13.4 Å². The molecular weight excluding hydrogens is 516 g/mol. The van der Waals surface area contributed by atoms with Gasteiger partial charge in [0.2, 0.25) is 5.91 Å². The van der Waals surface area contributed by atoms with Gasteiger partial charge in [-0.2, -0.15) is 0 Å². The molecule has 37 heavy (non-hydrogen) atoms. The van der Waals surface area contributed by atoms with E-state index in [0.29, 0.717) is 26.3 Å². The summed E-state index contributed by atoms with van der Waals surface area (Å²) < 4.78 is 21.2. The van der Waals surface area contributed by atoms with Crippen LogP contribution in [0.25, 0.3) is 0 Å². The summed E-state index contributed by atoms with van der Waals surface area (Å²) in [4.78, 5) is 43.8. The Morgan fingerprint density at radius 1 is 1.19 bits per heavy atom. The molecule has 0 radical (unpaired) electrons. The molecule has 2 amide bonds. The van der Waals surface area contributed by atoms with Crippen molar-refractivity contribution in [2.24, 2.45) is 0 Å². The Morgan fingerprint density at radius 2 is 1.86 bits per heavy atom. The average molecular weight is 559 g/mol. The Bertz CT molecular complexity index is 898. The van der Waals surface area contributed by atoms with Crippen LogP contribution in [0.3, 0.4) is 0 Å². The molecule has 2 rings (SSSR count). The second kappa shape index (κ2) is 14.2. The van der Waals surface area contributed by atoms with Crippen LogP contribution in [0.2, 0.25) is 18.1 Å². The number of ether oxygens (including phenoxy) is 3. The van der Waals surface area contributed by atoms with E-state index in [4.69, 9.17) is 18.6 Å². The van der Waals surface area contributed by atoms with Crippen LogP contribution in [0.15, 0.2) is 5.38 Å². The van der Waals surface area contributed by atoms with Gasteiger partial charge in [0.05, 0.1) is 26.9 Å². The van der Waals surface area contributed by atoms with E-state index in [1.807, 2.05) is 0 Å². The number of esters is 1. The lowest BCUT2D eigenvalue weighted by atomic mass is 10.1. The van der Waals surface area contributed by atoms with Crippen molar-refractivity contribution in [2.45, 2.75) is 63.8 Å². The predicted octanol–water partition coefficient (Wildman–Crippen LogP) is 2.18. The van der Waals surface area contributed by atoms with Gasteiger partial charge in [-0.15, -0.1) is 11.3 Å². The van der Waals surface area contributed by atoms with E-state index in [2.05, 4.69) is 54.4 Å². The van der Waals surface area contributed by atoms with Crippen LogP contribution < -0.4 is 15.5 Å². The molecule has 0 aromatic carbocycles. The quantitative estimate of drug-likeness (QED) is 0.213. The minimum Gasteiger partial charge on any atom is -0.467 e. The molecule has 11 nitrogen and oxygen atoms in total. The van der Waals surface area contributed by atoms with E-state index in [-0.39, 0.29) is 35.9 Å². The Kier molecular flexibility index (Phi) is 11.9. The smallest absolute Gasteiger partial charge is 0.330 e. The normalized spacial score (nSPS) is 15.8. The summed E-state index contributed by atoms with van der Waals surface area (Å²) in [5, 5.41) is 8.09. The topological polar surface area (TPSA) is 128 Å². The SMILES string of the molecule is COCCOCC(=O)NC1CCN(c2nc(C(=O)NC(CO[Si](C)(C)C(C)(C)C)C(=O)OC)cs2)CC1. The van der Waals surface area contributed by atoms with Gasteiger partial charge in [0.1, 0.15) is 18.3 Å². The van der Waals surface area contributed by atoms with Crippen molar-refractivity contribution >= 4 is 42.6 Å². The van der Waals surface area contributed by atoms with Gasteiger partial charge in [-0.1, -0.05) is 20.8 Å². The number of piperidine rings is 1. The summed E-state index contributed by atoms with van der Waals surface area (Å²) in [6, 6.07) is -0.853. The third kappa shape index (κ3) is 9.64. The Labute approximate surface area is 224 Å². The average Bonchev–Trinajstić information content (AvgIpc) is 3.34. The number of hydrogen-bond donors (Lipinski definition) is 2. The zero-order valence-corrected chi connectivity index (χ0v) is 24.9. The van der Waals surface area contributed by atoms with Crippen LogP contribution in [0.1, 0.15) is 44.1 Å². The molecule has 2 N–H and O–H groups in total. The lowest BCUT2D eigenvalue weighted by Gasteiger charge is -2.37. The highest BCUT2D eigenvalue weighted by Crippen LogP contribution is 2.36. The zero-order valence-electron chi connectivity index (χ0n) is 23.0. The molecule has 1 aliphatic heterocycles. The van der Waals surface area contributed by atoms with E-state index in [1.165, 1.54) is 18.4 Å². The molecular formula is C24H42N4O7SSi. The number of carbonyl (C=O) groups excluding carboxylic acids is 3. The number of aromatic nitrogens is 1. The summed E-state index contributed by atoms with van der Waals surface area (Å²) in [6.45, 7) is 12.8. The first-order valence-electron chi connectivity index (χ1n) is 12.5. The third-order valence-corrected chi connectivity index (χ3v) is 12.1. The second-order valence-electron chi connectivity index (χ2n) is 10.5. The fraction of sp³-hybridized carbons (Fsp3) is 0.750. The monoisotopic (exact) mass is 558 g/mol. The lowest BCUT2D eigenvalue weighted by Crippen LogP contribution is -2.49. The number of nitrogens with zero attached hydrogens (tertiary/aromatic N) is 2. The number of carbonyl (C=O) groups is 3. The van der Waals surface area contributed by atoms with Crippen LogP contribution in [0.5, 0.6) is 0 Å².